The highest BCUT2D eigenvalue weighted by molar-refractivity contribution is 9.10. The molecule has 4 nitrogen and oxygen atoms in total. The number of rotatable bonds is 5. The van der Waals surface area contributed by atoms with Crippen LogP contribution >= 0.6 is 15.9 Å². The molecule has 1 aromatic heterocycles. The van der Waals surface area contributed by atoms with Gasteiger partial charge in [-0.1, -0.05) is 22.0 Å². The van der Waals surface area contributed by atoms with Gasteiger partial charge in [-0.3, -0.25) is 9.78 Å². The number of nitrogens with one attached hydrogen (secondary N) is 2. The number of benzene rings is 1. The molecule has 0 spiro atoms. The van der Waals surface area contributed by atoms with E-state index in [9.17, 15) is 4.79 Å². The molecule has 2 aromatic rings. The first-order chi connectivity index (χ1) is 9.65. The number of aromatic nitrogens is 1. The summed E-state index contributed by atoms with van der Waals surface area (Å²) in [4.78, 5) is 15.7. The molecule has 104 valence electrons. The van der Waals surface area contributed by atoms with Crippen molar-refractivity contribution in [3.8, 4) is 0 Å². The van der Waals surface area contributed by atoms with Crippen LogP contribution in [-0.2, 0) is 11.3 Å². The smallest absolute Gasteiger partial charge is 0.239 e. The molecular formula is C15H16BrN3O. The predicted octanol–water partition coefficient (Wildman–Crippen LogP) is 2.88. The lowest BCUT2D eigenvalue weighted by molar-refractivity contribution is -0.119. The summed E-state index contributed by atoms with van der Waals surface area (Å²) < 4.78 is 1.03. The van der Waals surface area contributed by atoms with E-state index in [2.05, 4.69) is 31.5 Å². The predicted molar refractivity (Wildman–Crippen MR) is 83.5 cm³/mol. The van der Waals surface area contributed by atoms with Crippen LogP contribution in [0, 0.1) is 6.92 Å². The molecule has 0 fully saturated rings. The van der Waals surface area contributed by atoms with Crippen molar-refractivity contribution < 1.29 is 4.79 Å². The average molecular weight is 334 g/mol. The first-order valence-electron chi connectivity index (χ1n) is 6.31. The molecule has 0 aliphatic carbocycles. The Kier molecular flexibility index (Phi) is 5.12. The SMILES string of the molecule is Cc1ccc(NCC(=O)NCc2ccncc2)cc1Br. The molecule has 2 N–H and O–H groups in total. The second kappa shape index (κ2) is 7.05. The van der Waals surface area contributed by atoms with E-state index in [1.54, 1.807) is 12.4 Å². The maximum absolute atomic E-state index is 11.7. The highest BCUT2D eigenvalue weighted by Gasteiger charge is 2.02. The summed E-state index contributed by atoms with van der Waals surface area (Å²) >= 11 is 3.47. The van der Waals surface area contributed by atoms with Crippen LogP contribution in [0.25, 0.3) is 0 Å². The van der Waals surface area contributed by atoms with Gasteiger partial charge >= 0.3 is 0 Å². The summed E-state index contributed by atoms with van der Waals surface area (Å²) in [5.74, 6) is -0.0430. The highest BCUT2D eigenvalue weighted by Crippen LogP contribution is 2.20. The van der Waals surface area contributed by atoms with Crippen LogP contribution in [0.5, 0.6) is 0 Å². The van der Waals surface area contributed by atoms with Gasteiger partial charge < -0.3 is 10.6 Å². The number of nitrogens with zero attached hydrogens (tertiary/aromatic N) is 1. The Morgan fingerprint density at radius 1 is 1.25 bits per heavy atom. The van der Waals surface area contributed by atoms with Crippen LogP contribution in [0.3, 0.4) is 0 Å². The van der Waals surface area contributed by atoms with Crippen molar-refractivity contribution >= 4 is 27.5 Å². The van der Waals surface area contributed by atoms with Crippen LogP contribution in [-0.4, -0.2) is 17.4 Å². The number of hydrogen-bond acceptors (Lipinski definition) is 3. The number of carbonyl (C=O) groups excluding carboxylic acids is 1. The Hall–Kier alpha value is -1.88. The van der Waals surface area contributed by atoms with Crippen LogP contribution < -0.4 is 10.6 Å². The van der Waals surface area contributed by atoms with Gasteiger partial charge in [0.25, 0.3) is 0 Å². The fourth-order valence-electron chi connectivity index (χ4n) is 1.65. The van der Waals surface area contributed by atoms with Crippen molar-refractivity contribution in [2.75, 3.05) is 11.9 Å². The van der Waals surface area contributed by atoms with Crippen molar-refractivity contribution in [2.24, 2.45) is 0 Å². The second-order valence-electron chi connectivity index (χ2n) is 4.45. The normalized spacial score (nSPS) is 10.1. The zero-order valence-corrected chi connectivity index (χ0v) is 12.8. The van der Waals surface area contributed by atoms with Gasteiger partial charge in [-0.05, 0) is 42.3 Å². The van der Waals surface area contributed by atoms with Gasteiger partial charge in [0.2, 0.25) is 5.91 Å². The molecule has 0 saturated heterocycles. The van der Waals surface area contributed by atoms with Crippen molar-refractivity contribution in [1.82, 2.24) is 10.3 Å². The number of hydrogen-bond donors (Lipinski definition) is 2. The Balaban J connectivity index is 1.79. The summed E-state index contributed by atoms with van der Waals surface area (Å²) in [7, 11) is 0. The lowest BCUT2D eigenvalue weighted by Crippen LogP contribution is -2.29. The first-order valence-corrected chi connectivity index (χ1v) is 7.10. The maximum atomic E-state index is 11.7. The van der Waals surface area contributed by atoms with Gasteiger partial charge in [-0.15, -0.1) is 0 Å². The second-order valence-corrected chi connectivity index (χ2v) is 5.30. The lowest BCUT2D eigenvalue weighted by atomic mass is 10.2. The summed E-state index contributed by atoms with van der Waals surface area (Å²) in [6, 6.07) is 9.68. The average Bonchev–Trinajstić information content (AvgIpc) is 2.47. The number of anilines is 1. The van der Waals surface area contributed by atoms with E-state index < -0.39 is 0 Å². The molecule has 20 heavy (non-hydrogen) atoms. The van der Waals surface area contributed by atoms with Crippen LogP contribution in [0.4, 0.5) is 5.69 Å². The summed E-state index contributed by atoms with van der Waals surface area (Å²) in [6.07, 6.45) is 3.42. The molecule has 0 radical (unpaired) electrons. The molecule has 1 aromatic carbocycles. The molecule has 0 atom stereocenters. The van der Waals surface area contributed by atoms with Gasteiger partial charge in [0.15, 0.2) is 0 Å². The molecular weight excluding hydrogens is 318 g/mol. The van der Waals surface area contributed by atoms with Gasteiger partial charge in [-0.2, -0.15) is 0 Å². The summed E-state index contributed by atoms with van der Waals surface area (Å²) in [6.45, 7) is 2.79. The van der Waals surface area contributed by atoms with Gasteiger partial charge in [0.1, 0.15) is 0 Å². The molecule has 0 aliphatic heterocycles. The van der Waals surface area contributed by atoms with Crippen molar-refractivity contribution in [2.45, 2.75) is 13.5 Å². The molecule has 1 amide bonds. The Morgan fingerprint density at radius 3 is 2.70 bits per heavy atom. The van der Waals surface area contributed by atoms with E-state index in [4.69, 9.17) is 0 Å². The monoisotopic (exact) mass is 333 g/mol. The molecule has 1 heterocycles. The number of halogens is 1. The number of carbonyl (C=O) groups is 1. The van der Waals surface area contributed by atoms with Crippen LogP contribution in [0.1, 0.15) is 11.1 Å². The van der Waals surface area contributed by atoms with Crippen LogP contribution in [0.2, 0.25) is 0 Å². The maximum Gasteiger partial charge on any atom is 0.239 e. The minimum Gasteiger partial charge on any atom is -0.376 e. The van der Waals surface area contributed by atoms with E-state index in [-0.39, 0.29) is 12.5 Å². The third-order valence-electron chi connectivity index (χ3n) is 2.86. The van der Waals surface area contributed by atoms with Crippen LogP contribution in [0.15, 0.2) is 47.2 Å². The first kappa shape index (κ1) is 14.5. The molecule has 5 heteroatoms. The van der Waals surface area contributed by atoms with E-state index in [0.29, 0.717) is 6.54 Å². The fourth-order valence-corrected chi connectivity index (χ4v) is 2.03. The number of pyridine rings is 1. The Morgan fingerprint density at radius 2 is 2.00 bits per heavy atom. The third-order valence-corrected chi connectivity index (χ3v) is 3.72. The van der Waals surface area contributed by atoms with Crippen molar-refractivity contribution in [1.29, 1.82) is 0 Å². The fraction of sp³-hybridized carbons (Fsp3) is 0.200. The molecule has 0 unspecified atom stereocenters. The van der Waals surface area contributed by atoms with Gasteiger partial charge in [-0.25, -0.2) is 0 Å². The Bertz CT molecular complexity index is 587. The highest BCUT2D eigenvalue weighted by atomic mass is 79.9. The summed E-state index contributed by atoms with van der Waals surface area (Å²) in [5.41, 5.74) is 3.12. The standard InChI is InChI=1S/C15H16BrN3O/c1-11-2-3-13(8-14(11)16)18-10-15(20)19-9-12-4-6-17-7-5-12/h2-8,18H,9-10H2,1H3,(H,19,20). The van der Waals surface area contributed by atoms with Gasteiger partial charge in [0.05, 0.1) is 6.54 Å². The third kappa shape index (κ3) is 4.35. The Labute approximate surface area is 126 Å². The summed E-state index contributed by atoms with van der Waals surface area (Å²) in [5, 5.41) is 5.95. The topological polar surface area (TPSA) is 54.0 Å². The number of amides is 1. The minimum atomic E-state index is -0.0430. The molecule has 2 rings (SSSR count). The lowest BCUT2D eigenvalue weighted by Gasteiger charge is -2.09. The number of aryl methyl sites for hydroxylation is 1. The largest absolute Gasteiger partial charge is 0.376 e. The van der Waals surface area contributed by atoms with Gasteiger partial charge in [0, 0.05) is 29.1 Å². The van der Waals surface area contributed by atoms with E-state index in [1.165, 1.54) is 0 Å². The quantitative estimate of drug-likeness (QED) is 0.884. The molecule has 0 aliphatic rings. The molecule has 0 saturated carbocycles. The minimum absolute atomic E-state index is 0.0430. The zero-order valence-electron chi connectivity index (χ0n) is 11.2. The van der Waals surface area contributed by atoms with E-state index in [0.717, 1.165) is 21.3 Å². The van der Waals surface area contributed by atoms with Crippen molar-refractivity contribution in [3.05, 3.63) is 58.3 Å². The molecule has 0 bridgehead atoms. The van der Waals surface area contributed by atoms with E-state index in [1.807, 2.05) is 37.3 Å². The zero-order chi connectivity index (χ0) is 14.4. The van der Waals surface area contributed by atoms with Crippen molar-refractivity contribution in [3.63, 3.8) is 0 Å². The van der Waals surface area contributed by atoms with E-state index >= 15 is 0 Å².